The Morgan fingerprint density at radius 3 is 1.80 bits per heavy atom. The number of nitrogens with zero attached hydrogens (tertiary/aromatic N) is 5. The van der Waals surface area contributed by atoms with Gasteiger partial charge < -0.3 is 9.13 Å². The molecule has 230 valence electrons. The molecule has 0 saturated carbocycles. The third kappa shape index (κ3) is 4.31. The van der Waals surface area contributed by atoms with E-state index in [2.05, 4.69) is 111 Å². The second kappa shape index (κ2) is 11.4. The Morgan fingerprint density at radius 2 is 1.04 bits per heavy atom. The van der Waals surface area contributed by atoms with Gasteiger partial charge >= 0.3 is 0 Å². The molecule has 0 aliphatic carbocycles. The molecular weight excluding hydrogens is 611 g/mol. The van der Waals surface area contributed by atoms with Crippen molar-refractivity contribution in [3.8, 4) is 45.8 Å². The quantitative estimate of drug-likeness (QED) is 0.181. The Kier molecular flexibility index (Phi) is 6.56. The monoisotopic (exact) mass is 635 g/mol. The molecule has 0 fully saturated rings. The molecule has 9 rings (SSSR count). The summed E-state index contributed by atoms with van der Waals surface area (Å²) in [6.07, 6.45) is 0. The van der Waals surface area contributed by atoms with Crippen molar-refractivity contribution in [3.63, 3.8) is 0 Å². The van der Waals surface area contributed by atoms with Crippen molar-refractivity contribution in [1.82, 2.24) is 9.13 Å². The SMILES string of the molecule is [C-]#[N+]c1cccc(-n2c3ccc(C#N)cc3c3c(-c4ccccc4-c4ccccc4-n4c5ccccc5c5cc(C#N)ccc54)cccc32)c1. The van der Waals surface area contributed by atoms with Crippen molar-refractivity contribution >= 4 is 49.3 Å². The molecule has 50 heavy (non-hydrogen) atoms. The predicted molar refractivity (Wildman–Crippen MR) is 202 cm³/mol. The molecule has 0 bridgehead atoms. The van der Waals surface area contributed by atoms with E-state index in [-0.39, 0.29) is 0 Å². The average molecular weight is 636 g/mol. The van der Waals surface area contributed by atoms with Crippen molar-refractivity contribution < 1.29 is 0 Å². The number of hydrogen-bond donors (Lipinski definition) is 0. The van der Waals surface area contributed by atoms with E-state index in [0.29, 0.717) is 16.8 Å². The molecule has 5 heteroatoms. The van der Waals surface area contributed by atoms with Gasteiger partial charge in [-0.3, -0.25) is 0 Å². The molecule has 0 saturated heterocycles. The maximum absolute atomic E-state index is 9.93. The number of para-hydroxylation sites is 2. The zero-order chi connectivity index (χ0) is 33.8. The maximum atomic E-state index is 9.93. The molecule has 0 amide bonds. The number of fused-ring (bicyclic) bond motifs is 6. The van der Waals surface area contributed by atoms with Crippen LogP contribution in [0, 0.1) is 29.2 Å². The molecule has 7 aromatic carbocycles. The van der Waals surface area contributed by atoms with Crippen molar-refractivity contribution in [2.45, 2.75) is 0 Å². The van der Waals surface area contributed by atoms with Crippen LogP contribution in [-0.4, -0.2) is 9.13 Å². The Hall–Kier alpha value is -7.39. The van der Waals surface area contributed by atoms with Gasteiger partial charge in [-0.2, -0.15) is 10.5 Å². The zero-order valence-corrected chi connectivity index (χ0v) is 26.7. The zero-order valence-electron chi connectivity index (χ0n) is 26.7. The summed E-state index contributed by atoms with van der Waals surface area (Å²) in [7, 11) is 0. The van der Waals surface area contributed by atoms with Gasteiger partial charge in [0.15, 0.2) is 5.69 Å². The minimum Gasteiger partial charge on any atom is -0.310 e. The highest BCUT2D eigenvalue weighted by Crippen LogP contribution is 2.44. The smallest absolute Gasteiger partial charge is 0.189 e. The lowest BCUT2D eigenvalue weighted by Crippen LogP contribution is -1.98. The summed E-state index contributed by atoms with van der Waals surface area (Å²) in [5.41, 5.74) is 12.0. The molecule has 2 aromatic heterocycles. The lowest BCUT2D eigenvalue weighted by atomic mass is 9.91. The molecule has 0 aliphatic heterocycles. The van der Waals surface area contributed by atoms with Gasteiger partial charge in [0.1, 0.15) is 0 Å². The van der Waals surface area contributed by atoms with Crippen LogP contribution in [0.25, 0.3) is 82.1 Å². The lowest BCUT2D eigenvalue weighted by molar-refractivity contribution is 1.18. The van der Waals surface area contributed by atoms with E-state index < -0.39 is 0 Å². The van der Waals surface area contributed by atoms with Crippen LogP contribution in [0.4, 0.5) is 5.69 Å². The van der Waals surface area contributed by atoms with Gasteiger partial charge in [0.25, 0.3) is 0 Å². The fraction of sp³-hybridized carbons (Fsp3) is 0. The standard InChI is InChI=1S/C45H25N5/c1-48-31-10-8-11-32(26-31)49-43-23-21-30(28-47)25-39(43)45-37(16-9-19-44(45)49)34-13-3-2-12-33(34)35-14-4-6-17-40(35)50-41-18-7-5-15-36(41)38-24-29(27-46)20-22-42(38)50/h2-26H. The van der Waals surface area contributed by atoms with Crippen LogP contribution in [0.5, 0.6) is 0 Å². The first-order valence-corrected chi connectivity index (χ1v) is 16.3. The third-order valence-electron chi connectivity index (χ3n) is 9.59. The normalized spacial score (nSPS) is 11.1. The van der Waals surface area contributed by atoms with Crippen LogP contribution < -0.4 is 0 Å². The molecule has 0 N–H and O–H groups in total. The molecule has 0 aliphatic rings. The first-order valence-electron chi connectivity index (χ1n) is 16.3. The molecule has 0 radical (unpaired) electrons. The Bertz CT molecular complexity index is 2970. The summed E-state index contributed by atoms with van der Waals surface area (Å²) in [5.74, 6) is 0. The summed E-state index contributed by atoms with van der Waals surface area (Å²) >= 11 is 0. The minimum absolute atomic E-state index is 0.568. The topological polar surface area (TPSA) is 61.8 Å². The Morgan fingerprint density at radius 1 is 0.460 bits per heavy atom. The summed E-state index contributed by atoms with van der Waals surface area (Å²) in [4.78, 5) is 3.69. The fourth-order valence-electron chi connectivity index (χ4n) is 7.50. The fourth-order valence-corrected chi connectivity index (χ4v) is 7.50. The molecule has 0 atom stereocenters. The highest BCUT2D eigenvalue weighted by atomic mass is 15.0. The molecule has 2 heterocycles. The minimum atomic E-state index is 0.568. The van der Waals surface area contributed by atoms with Gasteiger partial charge in [-0.15, -0.1) is 0 Å². The summed E-state index contributed by atoms with van der Waals surface area (Å²) in [6.45, 7) is 7.64. The van der Waals surface area contributed by atoms with E-state index in [1.54, 1.807) is 0 Å². The van der Waals surface area contributed by atoms with Crippen LogP contribution >= 0.6 is 0 Å². The van der Waals surface area contributed by atoms with Crippen LogP contribution in [0.3, 0.4) is 0 Å². The Balaban J connectivity index is 1.34. The Labute approximate surface area is 288 Å². The first kappa shape index (κ1) is 28.8. The van der Waals surface area contributed by atoms with E-state index in [1.807, 2.05) is 66.7 Å². The van der Waals surface area contributed by atoms with Gasteiger partial charge in [0.05, 0.1) is 57.6 Å². The predicted octanol–water partition coefficient (Wildman–Crippen LogP) is 11.5. The van der Waals surface area contributed by atoms with Gasteiger partial charge in [-0.05, 0) is 83.4 Å². The van der Waals surface area contributed by atoms with Crippen LogP contribution in [-0.2, 0) is 0 Å². The van der Waals surface area contributed by atoms with Gasteiger partial charge in [0, 0.05) is 32.8 Å². The van der Waals surface area contributed by atoms with E-state index in [1.165, 1.54) is 0 Å². The van der Waals surface area contributed by atoms with Crippen molar-refractivity contribution in [2.24, 2.45) is 0 Å². The number of aromatic nitrogens is 2. The highest BCUT2D eigenvalue weighted by Gasteiger charge is 2.21. The van der Waals surface area contributed by atoms with Crippen molar-refractivity contribution in [2.75, 3.05) is 0 Å². The number of nitriles is 2. The van der Waals surface area contributed by atoms with E-state index in [9.17, 15) is 10.5 Å². The summed E-state index contributed by atoms with van der Waals surface area (Å²) in [5, 5.41) is 23.8. The first-order chi connectivity index (χ1) is 24.7. The van der Waals surface area contributed by atoms with E-state index >= 15 is 0 Å². The van der Waals surface area contributed by atoms with Crippen LogP contribution in [0.1, 0.15) is 11.1 Å². The van der Waals surface area contributed by atoms with Gasteiger partial charge in [-0.1, -0.05) is 84.9 Å². The number of hydrogen-bond acceptors (Lipinski definition) is 2. The van der Waals surface area contributed by atoms with Gasteiger partial charge in [-0.25, -0.2) is 4.85 Å². The van der Waals surface area contributed by atoms with Gasteiger partial charge in [0.2, 0.25) is 0 Å². The molecule has 5 nitrogen and oxygen atoms in total. The molecular formula is C45H25N5. The molecule has 0 spiro atoms. The second-order valence-corrected chi connectivity index (χ2v) is 12.3. The third-order valence-corrected chi connectivity index (χ3v) is 9.59. The molecule has 9 aromatic rings. The summed E-state index contributed by atoms with van der Waals surface area (Å²) < 4.78 is 4.49. The highest BCUT2D eigenvalue weighted by molar-refractivity contribution is 6.17. The number of rotatable bonds is 4. The van der Waals surface area contributed by atoms with Crippen molar-refractivity contribution in [3.05, 3.63) is 174 Å². The van der Waals surface area contributed by atoms with E-state index in [4.69, 9.17) is 6.57 Å². The second-order valence-electron chi connectivity index (χ2n) is 12.3. The lowest BCUT2D eigenvalue weighted by Gasteiger charge is -2.17. The van der Waals surface area contributed by atoms with Crippen LogP contribution in [0.15, 0.2) is 152 Å². The largest absolute Gasteiger partial charge is 0.310 e. The molecule has 0 unspecified atom stereocenters. The maximum Gasteiger partial charge on any atom is 0.189 e. The van der Waals surface area contributed by atoms with Crippen molar-refractivity contribution in [1.29, 1.82) is 10.5 Å². The summed E-state index contributed by atoms with van der Waals surface area (Å²) in [6, 6.07) is 55.7. The number of benzene rings is 7. The van der Waals surface area contributed by atoms with Crippen LogP contribution in [0.2, 0.25) is 0 Å². The van der Waals surface area contributed by atoms with E-state index in [0.717, 1.165) is 77.2 Å². The average Bonchev–Trinajstić information content (AvgIpc) is 3.70.